The number of carbonyl (C=O) groups excluding carboxylic acids is 1. The zero-order valence-electron chi connectivity index (χ0n) is 14.9. The summed E-state index contributed by atoms with van der Waals surface area (Å²) in [6.07, 6.45) is 11.7. The second-order valence-electron chi connectivity index (χ2n) is 7.31. The average molecular weight is 351 g/mol. The molecule has 0 saturated heterocycles. The highest BCUT2D eigenvalue weighted by Crippen LogP contribution is 2.32. The number of nitrogens with one attached hydrogen (secondary N) is 1. The first-order chi connectivity index (χ1) is 12.7. The minimum atomic E-state index is -0.204. The van der Waals surface area contributed by atoms with Crippen molar-refractivity contribution in [1.29, 1.82) is 0 Å². The quantitative estimate of drug-likeness (QED) is 0.826. The third kappa shape index (κ3) is 3.41. The topological polar surface area (TPSA) is 93.8 Å². The Labute approximate surface area is 153 Å². The second kappa shape index (κ2) is 7.40. The van der Waals surface area contributed by atoms with Gasteiger partial charge in [0.2, 0.25) is 5.91 Å². The molecule has 26 heavy (non-hydrogen) atoms. The Hall–Kier alpha value is -2.50. The largest absolute Gasteiger partial charge is 0.369 e. The van der Waals surface area contributed by atoms with Gasteiger partial charge in [0.05, 0.1) is 5.92 Å². The molecule has 0 bridgehead atoms. The Morgan fingerprint density at radius 1 is 1.04 bits per heavy atom. The van der Waals surface area contributed by atoms with E-state index < -0.39 is 0 Å². The Kier molecular flexibility index (Phi) is 4.82. The van der Waals surface area contributed by atoms with Gasteiger partial charge in [0.1, 0.15) is 5.82 Å². The summed E-state index contributed by atoms with van der Waals surface area (Å²) < 4.78 is 0. The third-order valence-electron chi connectivity index (χ3n) is 5.58. The molecule has 1 fully saturated rings. The Balaban J connectivity index is 1.69. The van der Waals surface area contributed by atoms with Crippen LogP contribution < -0.4 is 11.1 Å². The number of aryl methyl sites for hydroxylation is 1. The maximum Gasteiger partial charge on any atom is 0.222 e. The van der Waals surface area contributed by atoms with Gasteiger partial charge in [-0.05, 0) is 44.2 Å². The fraction of sp³-hybridized carbons (Fsp3) is 0.500. The van der Waals surface area contributed by atoms with Crippen molar-refractivity contribution in [1.82, 2.24) is 15.0 Å². The van der Waals surface area contributed by atoms with Gasteiger partial charge in [0.15, 0.2) is 5.82 Å². The summed E-state index contributed by atoms with van der Waals surface area (Å²) in [7, 11) is 0. The molecule has 0 aromatic carbocycles. The number of hydrogen-bond donors (Lipinski definition) is 2. The molecule has 0 unspecified atom stereocenters. The number of primary amides is 1. The molecule has 3 N–H and O–H groups in total. The number of fused-ring (bicyclic) bond motifs is 1. The van der Waals surface area contributed by atoms with Crippen molar-refractivity contribution in [2.45, 2.75) is 57.4 Å². The zero-order valence-corrected chi connectivity index (χ0v) is 14.9. The van der Waals surface area contributed by atoms with Gasteiger partial charge in [0, 0.05) is 35.3 Å². The molecule has 2 aromatic heterocycles. The predicted molar refractivity (Wildman–Crippen MR) is 100 cm³/mol. The molecule has 2 heterocycles. The van der Waals surface area contributed by atoms with Gasteiger partial charge < -0.3 is 11.1 Å². The molecule has 0 aliphatic heterocycles. The number of pyridine rings is 1. The number of carbonyl (C=O) groups is 1. The smallest absolute Gasteiger partial charge is 0.222 e. The van der Waals surface area contributed by atoms with Gasteiger partial charge in [0.25, 0.3) is 0 Å². The second-order valence-corrected chi connectivity index (χ2v) is 7.31. The fourth-order valence-corrected chi connectivity index (χ4v) is 4.18. The first-order valence-corrected chi connectivity index (χ1v) is 9.58. The molecule has 0 radical (unpaired) electrons. The van der Waals surface area contributed by atoms with Gasteiger partial charge in [-0.3, -0.25) is 9.78 Å². The lowest BCUT2D eigenvalue weighted by atomic mass is 9.94. The lowest BCUT2D eigenvalue weighted by Gasteiger charge is -2.25. The standard InChI is InChI=1S/C20H25N5O/c21-18(26)14-5-2-1-3-7-16(14)24-20-15-6-4-8-17(15)23-19(25-20)13-9-11-22-12-10-13/h9-12,14,16H,1-8H2,(H2,21,26)(H,23,24,25)/t14-,16+/m0/s1. The minimum absolute atomic E-state index is 0.0555. The first-order valence-electron chi connectivity index (χ1n) is 9.58. The van der Waals surface area contributed by atoms with Gasteiger partial charge in [-0.25, -0.2) is 9.97 Å². The minimum Gasteiger partial charge on any atom is -0.369 e. The van der Waals surface area contributed by atoms with Crippen LogP contribution in [0.1, 0.15) is 49.8 Å². The van der Waals surface area contributed by atoms with Crippen molar-refractivity contribution < 1.29 is 4.79 Å². The van der Waals surface area contributed by atoms with E-state index in [1.165, 1.54) is 5.56 Å². The number of hydrogen-bond acceptors (Lipinski definition) is 5. The van der Waals surface area contributed by atoms with Crippen LogP contribution in [0, 0.1) is 5.92 Å². The molecule has 0 spiro atoms. The summed E-state index contributed by atoms with van der Waals surface area (Å²) in [4.78, 5) is 25.7. The summed E-state index contributed by atoms with van der Waals surface area (Å²) in [6.45, 7) is 0. The Morgan fingerprint density at radius 2 is 1.85 bits per heavy atom. The molecular formula is C20H25N5O. The zero-order chi connectivity index (χ0) is 17.9. The van der Waals surface area contributed by atoms with E-state index in [2.05, 4.69) is 10.3 Å². The molecule has 2 aromatic rings. The monoisotopic (exact) mass is 351 g/mol. The summed E-state index contributed by atoms with van der Waals surface area (Å²) in [5, 5.41) is 3.60. The van der Waals surface area contributed by atoms with Crippen LogP contribution in [0.5, 0.6) is 0 Å². The van der Waals surface area contributed by atoms with Gasteiger partial charge in [-0.2, -0.15) is 0 Å². The highest BCUT2D eigenvalue weighted by atomic mass is 16.1. The van der Waals surface area contributed by atoms with Crippen molar-refractivity contribution in [2.24, 2.45) is 11.7 Å². The van der Waals surface area contributed by atoms with Crippen molar-refractivity contribution in [3.05, 3.63) is 35.8 Å². The van der Waals surface area contributed by atoms with E-state index in [-0.39, 0.29) is 17.9 Å². The van der Waals surface area contributed by atoms with Crippen LogP contribution in [-0.2, 0) is 17.6 Å². The SMILES string of the molecule is NC(=O)[C@H]1CCCCC[C@H]1Nc1nc(-c2ccncc2)nc2c1CCC2. The van der Waals surface area contributed by atoms with E-state index in [0.29, 0.717) is 0 Å². The fourth-order valence-electron chi connectivity index (χ4n) is 4.18. The summed E-state index contributed by atoms with van der Waals surface area (Å²) in [6, 6.07) is 3.91. The molecule has 2 aliphatic carbocycles. The van der Waals surface area contributed by atoms with Crippen LogP contribution in [0.4, 0.5) is 5.82 Å². The number of rotatable bonds is 4. The molecule has 2 aliphatic rings. The number of aromatic nitrogens is 3. The highest BCUT2D eigenvalue weighted by Gasteiger charge is 2.30. The van der Waals surface area contributed by atoms with Crippen LogP contribution in [0.15, 0.2) is 24.5 Å². The normalized spacial score (nSPS) is 22.5. The third-order valence-corrected chi connectivity index (χ3v) is 5.58. The van der Waals surface area contributed by atoms with E-state index in [4.69, 9.17) is 15.7 Å². The molecule has 1 saturated carbocycles. The van der Waals surface area contributed by atoms with Crippen LogP contribution in [0.25, 0.3) is 11.4 Å². The first kappa shape index (κ1) is 16.9. The van der Waals surface area contributed by atoms with E-state index >= 15 is 0 Å². The van der Waals surface area contributed by atoms with E-state index in [1.807, 2.05) is 12.1 Å². The maximum atomic E-state index is 12.0. The summed E-state index contributed by atoms with van der Waals surface area (Å²) >= 11 is 0. The van der Waals surface area contributed by atoms with Gasteiger partial charge in [-0.1, -0.05) is 19.3 Å². The van der Waals surface area contributed by atoms with Crippen LogP contribution in [0.2, 0.25) is 0 Å². The van der Waals surface area contributed by atoms with Gasteiger partial charge >= 0.3 is 0 Å². The van der Waals surface area contributed by atoms with E-state index in [1.54, 1.807) is 12.4 Å². The summed E-state index contributed by atoms with van der Waals surface area (Å²) in [5.74, 6) is 1.27. The molecule has 136 valence electrons. The van der Waals surface area contributed by atoms with Crippen molar-refractivity contribution in [3.8, 4) is 11.4 Å². The highest BCUT2D eigenvalue weighted by molar-refractivity contribution is 5.78. The predicted octanol–water partition coefficient (Wildman–Crippen LogP) is 2.87. The lowest BCUT2D eigenvalue weighted by Crippen LogP contribution is -2.38. The molecule has 4 rings (SSSR count). The van der Waals surface area contributed by atoms with Crippen molar-refractivity contribution in [2.75, 3.05) is 5.32 Å². The molecule has 6 heteroatoms. The molecular weight excluding hydrogens is 326 g/mol. The van der Waals surface area contributed by atoms with Crippen LogP contribution >= 0.6 is 0 Å². The molecule has 6 nitrogen and oxygen atoms in total. The van der Waals surface area contributed by atoms with Crippen LogP contribution in [0.3, 0.4) is 0 Å². The number of nitrogens with zero attached hydrogens (tertiary/aromatic N) is 3. The van der Waals surface area contributed by atoms with Crippen molar-refractivity contribution >= 4 is 11.7 Å². The lowest BCUT2D eigenvalue weighted by molar-refractivity contribution is -0.122. The summed E-state index contributed by atoms with van der Waals surface area (Å²) in [5.41, 5.74) is 8.99. The van der Waals surface area contributed by atoms with Gasteiger partial charge in [-0.15, -0.1) is 0 Å². The molecule has 1 amide bonds. The van der Waals surface area contributed by atoms with Crippen LogP contribution in [-0.4, -0.2) is 26.9 Å². The van der Waals surface area contributed by atoms with E-state index in [0.717, 1.165) is 74.3 Å². The number of amides is 1. The Bertz CT molecular complexity index is 792. The number of anilines is 1. The number of nitrogens with two attached hydrogens (primary N) is 1. The Morgan fingerprint density at radius 3 is 2.65 bits per heavy atom. The average Bonchev–Trinajstić information content (AvgIpc) is 3.01. The van der Waals surface area contributed by atoms with E-state index in [9.17, 15) is 4.79 Å². The molecule has 2 atom stereocenters. The van der Waals surface area contributed by atoms with Crippen molar-refractivity contribution in [3.63, 3.8) is 0 Å². The maximum absolute atomic E-state index is 12.0.